The van der Waals surface area contributed by atoms with Gasteiger partial charge in [0.15, 0.2) is 0 Å². The summed E-state index contributed by atoms with van der Waals surface area (Å²) in [5.41, 5.74) is 0.546. The van der Waals surface area contributed by atoms with Crippen LogP contribution >= 0.6 is 0 Å². The van der Waals surface area contributed by atoms with Gasteiger partial charge in [0.2, 0.25) is 21.8 Å². The molecule has 8 heteroatoms. The summed E-state index contributed by atoms with van der Waals surface area (Å²) < 4.78 is 27.6. The highest BCUT2D eigenvalue weighted by Crippen LogP contribution is 2.20. The van der Waals surface area contributed by atoms with Crippen LogP contribution in [0.4, 0.5) is 5.69 Å². The molecule has 0 spiro atoms. The van der Waals surface area contributed by atoms with Crippen molar-refractivity contribution in [3.05, 3.63) is 60.2 Å². The van der Waals surface area contributed by atoms with E-state index in [-0.39, 0.29) is 23.1 Å². The maximum atomic E-state index is 12.5. The summed E-state index contributed by atoms with van der Waals surface area (Å²) in [6.45, 7) is 6.65. The SMILES string of the molecule is CC(=O)N[C@H](CC(=O)Nc1cccc(S(=O)(=O)NC(C)(C)C)c1)c1ccccc1. The molecular formula is C21H27N3O4S. The Labute approximate surface area is 172 Å². The number of amides is 2. The second kappa shape index (κ2) is 9.19. The quantitative estimate of drug-likeness (QED) is 0.644. The fourth-order valence-electron chi connectivity index (χ4n) is 2.78. The second-order valence-electron chi connectivity index (χ2n) is 7.80. The topological polar surface area (TPSA) is 104 Å². The molecule has 0 saturated carbocycles. The lowest BCUT2D eigenvalue weighted by Gasteiger charge is -2.21. The fraction of sp³-hybridized carbons (Fsp3) is 0.333. The maximum Gasteiger partial charge on any atom is 0.241 e. The van der Waals surface area contributed by atoms with Gasteiger partial charge in [-0.05, 0) is 44.5 Å². The minimum atomic E-state index is -3.72. The molecule has 0 aliphatic carbocycles. The molecule has 0 aliphatic rings. The van der Waals surface area contributed by atoms with E-state index in [2.05, 4.69) is 15.4 Å². The highest BCUT2D eigenvalue weighted by Gasteiger charge is 2.22. The van der Waals surface area contributed by atoms with Gasteiger partial charge in [0.05, 0.1) is 17.4 Å². The van der Waals surface area contributed by atoms with E-state index in [1.807, 2.05) is 30.3 Å². The molecule has 3 N–H and O–H groups in total. The third kappa shape index (κ3) is 7.32. The van der Waals surface area contributed by atoms with E-state index < -0.39 is 21.6 Å². The first kappa shape index (κ1) is 22.6. The zero-order valence-electron chi connectivity index (χ0n) is 17.0. The molecule has 0 fully saturated rings. The number of carbonyl (C=O) groups is 2. The second-order valence-corrected chi connectivity index (χ2v) is 9.48. The Hall–Kier alpha value is -2.71. The molecule has 2 aromatic carbocycles. The molecular weight excluding hydrogens is 390 g/mol. The first-order valence-corrected chi connectivity index (χ1v) is 10.7. The molecule has 0 aromatic heterocycles. The predicted molar refractivity (Wildman–Crippen MR) is 113 cm³/mol. The van der Waals surface area contributed by atoms with Crippen molar-refractivity contribution in [2.45, 2.75) is 50.6 Å². The van der Waals surface area contributed by atoms with Gasteiger partial charge in [0.25, 0.3) is 0 Å². The number of rotatable bonds is 7. The summed E-state index contributed by atoms with van der Waals surface area (Å²) in [6.07, 6.45) is 0.0147. The third-order valence-electron chi connectivity index (χ3n) is 3.84. The van der Waals surface area contributed by atoms with Crippen LogP contribution in [0, 0.1) is 0 Å². The van der Waals surface area contributed by atoms with Crippen molar-refractivity contribution in [1.29, 1.82) is 0 Å². The number of nitrogens with one attached hydrogen (secondary N) is 3. The summed E-state index contributed by atoms with van der Waals surface area (Å²) in [4.78, 5) is 24.1. The Bertz CT molecular complexity index is 967. The Balaban J connectivity index is 2.15. The van der Waals surface area contributed by atoms with Gasteiger partial charge in [-0.1, -0.05) is 36.4 Å². The van der Waals surface area contributed by atoms with Gasteiger partial charge in [0.1, 0.15) is 0 Å². The van der Waals surface area contributed by atoms with E-state index in [1.54, 1.807) is 32.9 Å². The van der Waals surface area contributed by atoms with Crippen LogP contribution < -0.4 is 15.4 Å². The van der Waals surface area contributed by atoms with E-state index >= 15 is 0 Å². The van der Waals surface area contributed by atoms with Gasteiger partial charge in [-0.15, -0.1) is 0 Å². The molecule has 0 bridgehead atoms. The van der Waals surface area contributed by atoms with Crippen LogP contribution in [0.3, 0.4) is 0 Å². The molecule has 2 amide bonds. The van der Waals surface area contributed by atoms with Crippen LogP contribution in [-0.2, 0) is 19.6 Å². The summed E-state index contributed by atoms with van der Waals surface area (Å²) >= 11 is 0. The number of anilines is 1. The highest BCUT2D eigenvalue weighted by molar-refractivity contribution is 7.89. The first-order valence-electron chi connectivity index (χ1n) is 9.22. The molecule has 0 radical (unpaired) electrons. The van der Waals surface area contributed by atoms with Gasteiger partial charge in [-0.2, -0.15) is 0 Å². The molecule has 0 unspecified atom stereocenters. The Morgan fingerprint density at radius 1 is 1.00 bits per heavy atom. The number of benzene rings is 2. The van der Waals surface area contributed by atoms with Gasteiger partial charge in [0, 0.05) is 18.2 Å². The normalized spacial score (nSPS) is 12.8. The monoisotopic (exact) mass is 417 g/mol. The van der Waals surface area contributed by atoms with Crippen molar-refractivity contribution >= 4 is 27.5 Å². The molecule has 29 heavy (non-hydrogen) atoms. The Morgan fingerprint density at radius 3 is 2.24 bits per heavy atom. The van der Waals surface area contributed by atoms with Crippen LogP contribution in [0.2, 0.25) is 0 Å². The molecule has 1 atom stereocenters. The van der Waals surface area contributed by atoms with Crippen LogP contribution in [0.1, 0.15) is 45.7 Å². The molecule has 156 valence electrons. The van der Waals surface area contributed by atoms with E-state index in [9.17, 15) is 18.0 Å². The van der Waals surface area contributed by atoms with Crippen LogP contribution in [-0.4, -0.2) is 25.8 Å². The number of hydrogen-bond acceptors (Lipinski definition) is 4. The standard InChI is InChI=1S/C21H27N3O4S/c1-15(25)22-19(16-9-6-5-7-10-16)14-20(26)23-17-11-8-12-18(13-17)29(27,28)24-21(2,3)4/h5-13,19,24H,14H2,1-4H3,(H,22,25)(H,23,26)/t19-/m1/s1. The average Bonchev–Trinajstić information content (AvgIpc) is 2.60. The van der Waals surface area contributed by atoms with Crippen molar-refractivity contribution < 1.29 is 18.0 Å². The van der Waals surface area contributed by atoms with Crippen molar-refractivity contribution in [1.82, 2.24) is 10.0 Å². The van der Waals surface area contributed by atoms with Gasteiger partial charge in [-0.25, -0.2) is 13.1 Å². The number of carbonyl (C=O) groups excluding carboxylic acids is 2. The molecule has 0 aliphatic heterocycles. The summed E-state index contributed by atoms with van der Waals surface area (Å²) in [5, 5.41) is 5.48. The lowest BCUT2D eigenvalue weighted by Crippen LogP contribution is -2.40. The summed E-state index contributed by atoms with van der Waals surface area (Å²) in [5.74, 6) is -0.584. The van der Waals surface area contributed by atoms with Crippen molar-refractivity contribution in [3.8, 4) is 0 Å². The zero-order valence-corrected chi connectivity index (χ0v) is 17.8. The van der Waals surface area contributed by atoms with E-state index in [1.165, 1.54) is 19.1 Å². The van der Waals surface area contributed by atoms with Gasteiger partial charge >= 0.3 is 0 Å². The van der Waals surface area contributed by atoms with Crippen LogP contribution in [0.15, 0.2) is 59.5 Å². The lowest BCUT2D eigenvalue weighted by molar-refractivity contribution is -0.120. The van der Waals surface area contributed by atoms with Crippen LogP contribution in [0.5, 0.6) is 0 Å². The minimum Gasteiger partial charge on any atom is -0.349 e. The molecule has 0 heterocycles. The summed E-state index contributed by atoms with van der Waals surface area (Å²) in [7, 11) is -3.72. The number of hydrogen-bond donors (Lipinski definition) is 3. The van der Waals surface area contributed by atoms with Gasteiger partial charge < -0.3 is 10.6 Å². The minimum absolute atomic E-state index is 0.0147. The predicted octanol–water partition coefficient (Wildman–Crippen LogP) is 2.97. The largest absolute Gasteiger partial charge is 0.349 e. The molecule has 0 saturated heterocycles. The van der Waals surface area contributed by atoms with Crippen molar-refractivity contribution in [3.63, 3.8) is 0 Å². The van der Waals surface area contributed by atoms with E-state index in [0.717, 1.165) is 5.56 Å². The smallest absolute Gasteiger partial charge is 0.241 e. The lowest BCUT2D eigenvalue weighted by atomic mass is 10.0. The van der Waals surface area contributed by atoms with Crippen molar-refractivity contribution in [2.24, 2.45) is 0 Å². The fourth-order valence-corrected chi connectivity index (χ4v) is 4.25. The molecule has 2 rings (SSSR count). The van der Waals surface area contributed by atoms with E-state index in [0.29, 0.717) is 5.69 Å². The van der Waals surface area contributed by atoms with E-state index in [4.69, 9.17) is 0 Å². The van der Waals surface area contributed by atoms with Gasteiger partial charge in [-0.3, -0.25) is 9.59 Å². The Morgan fingerprint density at radius 2 is 1.66 bits per heavy atom. The first-order chi connectivity index (χ1) is 13.5. The molecule has 7 nitrogen and oxygen atoms in total. The summed E-state index contributed by atoms with van der Waals surface area (Å²) in [6, 6.07) is 14.7. The highest BCUT2D eigenvalue weighted by atomic mass is 32.2. The van der Waals surface area contributed by atoms with Crippen molar-refractivity contribution in [2.75, 3.05) is 5.32 Å². The number of sulfonamides is 1. The maximum absolute atomic E-state index is 12.5. The average molecular weight is 418 g/mol. The third-order valence-corrected chi connectivity index (χ3v) is 5.59. The Kier molecular flexibility index (Phi) is 7.16. The zero-order chi connectivity index (χ0) is 21.7. The van der Waals surface area contributed by atoms with Crippen LogP contribution in [0.25, 0.3) is 0 Å². The molecule has 2 aromatic rings.